The maximum Gasteiger partial charge on any atom is 0.0316 e. The van der Waals surface area contributed by atoms with Gasteiger partial charge in [-0.15, -0.1) is 0 Å². The van der Waals surface area contributed by atoms with Crippen LogP contribution in [0.25, 0.3) is 0 Å². The zero-order chi connectivity index (χ0) is 9.10. The fraction of sp³-hybridized carbons (Fsp3) is 0.455. The minimum Gasteiger partial charge on any atom is -0.399 e. The van der Waals surface area contributed by atoms with Crippen LogP contribution < -0.4 is 11.1 Å². The summed E-state index contributed by atoms with van der Waals surface area (Å²) in [5.41, 5.74) is 8.00. The molecule has 0 aromatic heterocycles. The summed E-state index contributed by atoms with van der Waals surface area (Å²) in [5, 5.41) is 3.41. The van der Waals surface area contributed by atoms with Gasteiger partial charge in [-0.3, -0.25) is 0 Å². The Morgan fingerprint density at radius 2 is 2.31 bits per heavy atom. The maximum absolute atomic E-state index is 5.74. The van der Waals surface area contributed by atoms with Gasteiger partial charge in [0, 0.05) is 12.2 Å². The van der Waals surface area contributed by atoms with E-state index in [1.54, 1.807) is 0 Å². The van der Waals surface area contributed by atoms with E-state index >= 15 is 0 Å². The normalized spacial score (nSPS) is 22.9. The van der Waals surface area contributed by atoms with E-state index in [4.69, 9.17) is 5.73 Å². The van der Waals surface area contributed by atoms with Crippen LogP contribution in [0.4, 0.5) is 5.69 Å². The Bertz CT molecular complexity index is 277. The van der Waals surface area contributed by atoms with Crippen molar-refractivity contribution in [2.24, 2.45) is 0 Å². The Labute approximate surface area is 79.1 Å². The molecule has 1 atom stereocenters. The summed E-state index contributed by atoms with van der Waals surface area (Å²) in [7, 11) is 0. The summed E-state index contributed by atoms with van der Waals surface area (Å²) in [6.07, 6.45) is 2.57. The van der Waals surface area contributed by atoms with Crippen molar-refractivity contribution in [3.05, 3.63) is 29.8 Å². The predicted molar refractivity (Wildman–Crippen MR) is 55.7 cm³/mol. The Morgan fingerprint density at radius 3 is 3.00 bits per heavy atom. The van der Waals surface area contributed by atoms with Gasteiger partial charge in [-0.05, 0) is 43.0 Å². The van der Waals surface area contributed by atoms with Gasteiger partial charge >= 0.3 is 0 Å². The van der Waals surface area contributed by atoms with Gasteiger partial charge in [-0.25, -0.2) is 0 Å². The standard InChI is InChI=1S/C11H16N2/c12-11-5-1-3-9(7-11)10-4-2-6-13-8-10/h1,3,5,7,10,13H,2,4,6,8,12H2/t10-/m0/s1. The van der Waals surface area contributed by atoms with Crippen LogP contribution in [0, 0.1) is 0 Å². The first-order valence-electron chi connectivity index (χ1n) is 4.92. The minimum absolute atomic E-state index is 0.664. The Balaban J connectivity index is 2.14. The predicted octanol–water partition coefficient (Wildman–Crippen LogP) is 1.74. The molecular formula is C11H16N2. The molecule has 1 aliphatic rings. The molecule has 3 N–H and O–H groups in total. The molecule has 0 saturated carbocycles. The fourth-order valence-electron chi connectivity index (χ4n) is 1.95. The van der Waals surface area contributed by atoms with Crippen LogP contribution in [-0.4, -0.2) is 13.1 Å². The fourth-order valence-corrected chi connectivity index (χ4v) is 1.95. The van der Waals surface area contributed by atoms with Crippen LogP contribution in [0.2, 0.25) is 0 Å². The van der Waals surface area contributed by atoms with Crippen molar-refractivity contribution in [3.8, 4) is 0 Å². The smallest absolute Gasteiger partial charge is 0.0316 e. The number of nitrogen functional groups attached to an aromatic ring is 1. The highest BCUT2D eigenvalue weighted by molar-refractivity contribution is 5.42. The second kappa shape index (κ2) is 3.79. The number of anilines is 1. The molecule has 13 heavy (non-hydrogen) atoms. The lowest BCUT2D eigenvalue weighted by Gasteiger charge is -2.23. The summed E-state index contributed by atoms with van der Waals surface area (Å²) in [5.74, 6) is 0.664. The molecule has 0 radical (unpaired) electrons. The van der Waals surface area contributed by atoms with Gasteiger partial charge in [0.05, 0.1) is 0 Å². The van der Waals surface area contributed by atoms with Crippen molar-refractivity contribution in [1.82, 2.24) is 5.32 Å². The second-order valence-electron chi connectivity index (χ2n) is 3.71. The van der Waals surface area contributed by atoms with E-state index < -0.39 is 0 Å². The summed E-state index contributed by atoms with van der Waals surface area (Å²) >= 11 is 0. The second-order valence-corrected chi connectivity index (χ2v) is 3.71. The number of nitrogens with two attached hydrogens (primary N) is 1. The molecule has 1 aromatic carbocycles. The quantitative estimate of drug-likeness (QED) is 0.640. The van der Waals surface area contributed by atoms with Crippen molar-refractivity contribution >= 4 is 5.69 Å². The third-order valence-corrected chi connectivity index (χ3v) is 2.68. The van der Waals surface area contributed by atoms with E-state index in [-0.39, 0.29) is 0 Å². The van der Waals surface area contributed by atoms with E-state index in [0.717, 1.165) is 12.2 Å². The first-order chi connectivity index (χ1) is 6.36. The summed E-state index contributed by atoms with van der Waals surface area (Å²) in [6, 6.07) is 8.25. The zero-order valence-corrected chi connectivity index (χ0v) is 7.79. The summed E-state index contributed by atoms with van der Waals surface area (Å²) in [6.45, 7) is 2.27. The average Bonchev–Trinajstić information content (AvgIpc) is 2.19. The molecule has 2 nitrogen and oxygen atoms in total. The van der Waals surface area contributed by atoms with Gasteiger partial charge < -0.3 is 11.1 Å². The van der Waals surface area contributed by atoms with Crippen LogP contribution in [0.3, 0.4) is 0 Å². The van der Waals surface area contributed by atoms with Crippen molar-refractivity contribution in [3.63, 3.8) is 0 Å². The third kappa shape index (κ3) is 2.01. The van der Waals surface area contributed by atoms with Crippen LogP contribution in [0.15, 0.2) is 24.3 Å². The Morgan fingerprint density at radius 1 is 1.38 bits per heavy atom. The lowest BCUT2D eigenvalue weighted by atomic mass is 9.91. The highest BCUT2D eigenvalue weighted by Gasteiger charge is 2.14. The molecule has 70 valence electrons. The SMILES string of the molecule is Nc1cccc([C@H]2CCCNC2)c1. The summed E-state index contributed by atoms with van der Waals surface area (Å²) in [4.78, 5) is 0. The first kappa shape index (κ1) is 8.57. The van der Waals surface area contributed by atoms with Gasteiger partial charge in [0.15, 0.2) is 0 Å². The zero-order valence-electron chi connectivity index (χ0n) is 7.79. The molecule has 1 aliphatic heterocycles. The number of nitrogens with one attached hydrogen (secondary N) is 1. The van der Waals surface area contributed by atoms with Gasteiger partial charge in [-0.1, -0.05) is 12.1 Å². The van der Waals surface area contributed by atoms with Gasteiger partial charge in [-0.2, -0.15) is 0 Å². The van der Waals surface area contributed by atoms with Crippen molar-refractivity contribution in [1.29, 1.82) is 0 Å². The molecule has 0 amide bonds. The van der Waals surface area contributed by atoms with Crippen LogP contribution in [0.5, 0.6) is 0 Å². The Hall–Kier alpha value is -1.02. The number of benzene rings is 1. The number of hydrogen-bond donors (Lipinski definition) is 2. The maximum atomic E-state index is 5.74. The number of piperidine rings is 1. The molecule has 2 rings (SSSR count). The number of hydrogen-bond acceptors (Lipinski definition) is 2. The molecule has 0 unspecified atom stereocenters. The van der Waals surface area contributed by atoms with Gasteiger partial charge in [0.25, 0.3) is 0 Å². The molecule has 1 fully saturated rings. The lowest BCUT2D eigenvalue weighted by Crippen LogP contribution is -2.28. The molecule has 0 bridgehead atoms. The molecule has 0 aliphatic carbocycles. The van der Waals surface area contributed by atoms with E-state index in [9.17, 15) is 0 Å². The molecule has 0 spiro atoms. The van der Waals surface area contributed by atoms with E-state index in [1.807, 2.05) is 12.1 Å². The highest BCUT2D eigenvalue weighted by atomic mass is 14.9. The lowest BCUT2D eigenvalue weighted by molar-refractivity contribution is 0.462. The largest absolute Gasteiger partial charge is 0.399 e. The number of rotatable bonds is 1. The molecule has 1 saturated heterocycles. The molecular weight excluding hydrogens is 160 g/mol. The van der Waals surface area contributed by atoms with Crippen molar-refractivity contribution < 1.29 is 0 Å². The van der Waals surface area contributed by atoms with Crippen molar-refractivity contribution in [2.75, 3.05) is 18.8 Å². The van der Waals surface area contributed by atoms with Gasteiger partial charge in [0.2, 0.25) is 0 Å². The average molecular weight is 176 g/mol. The molecule has 2 heteroatoms. The van der Waals surface area contributed by atoms with Crippen LogP contribution in [0.1, 0.15) is 24.3 Å². The molecule has 1 aromatic rings. The van der Waals surface area contributed by atoms with Crippen LogP contribution >= 0.6 is 0 Å². The first-order valence-corrected chi connectivity index (χ1v) is 4.92. The van der Waals surface area contributed by atoms with Crippen molar-refractivity contribution in [2.45, 2.75) is 18.8 Å². The monoisotopic (exact) mass is 176 g/mol. The highest BCUT2D eigenvalue weighted by Crippen LogP contribution is 2.24. The third-order valence-electron chi connectivity index (χ3n) is 2.68. The van der Waals surface area contributed by atoms with Gasteiger partial charge in [0.1, 0.15) is 0 Å². The Kier molecular flexibility index (Phi) is 2.50. The summed E-state index contributed by atoms with van der Waals surface area (Å²) < 4.78 is 0. The van der Waals surface area contributed by atoms with E-state index in [0.29, 0.717) is 5.92 Å². The van der Waals surface area contributed by atoms with E-state index in [1.165, 1.54) is 24.9 Å². The van der Waals surface area contributed by atoms with Crippen LogP contribution in [-0.2, 0) is 0 Å². The minimum atomic E-state index is 0.664. The van der Waals surface area contributed by atoms with E-state index in [2.05, 4.69) is 17.4 Å². The topological polar surface area (TPSA) is 38.0 Å². The molecule has 1 heterocycles.